The van der Waals surface area contributed by atoms with Gasteiger partial charge in [0, 0.05) is 13.2 Å². The van der Waals surface area contributed by atoms with Crippen molar-refractivity contribution >= 4 is 21.8 Å². The van der Waals surface area contributed by atoms with Crippen LogP contribution in [0.15, 0.2) is 16.9 Å². The molecule has 4 nitrogen and oxygen atoms in total. The minimum atomic E-state index is -0.263. The van der Waals surface area contributed by atoms with Gasteiger partial charge < -0.3 is 5.32 Å². The number of likely N-dealkylation sites (N-methyl/N-ethyl adjacent to an activating group) is 1. The predicted molar refractivity (Wildman–Crippen MR) is 48.7 cm³/mol. The molecule has 0 fully saturated rings. The highest BCUT2D eigenvalue weighted by Gasteiger charge is 2.12. The molecule has 1 amide bonds. The lowest BCUT2D eigenvalue weighted by Crippen LogP contribution is -2.27. The molecule has 0 bridgehead atoms. The summed E-state index contributed by atoms with van der Waals surface area (Å²) >= 11 is 3.21. The average molecular weight is 232 g/mol. The fraction of sp³-hybridized carbons (Fsp3) is 0.429. The first-order valence-corrected chi connectivity index (χ1v) is 4.36. The molecule has 1 aromatic rings. The number of hydrogen-bond donors (Lipinski definition) is 1. The topological polar surface area (TPSA) is 46.9 Å². The van der Waals surface area contributed by atoms with E-state index < -0.39 is 0 Å². The normalized spacial score (nSPS) is 12.6. The zero-order valence-electron chi connectivity index (χ0n) is 6.91. The molecular formula is C7H10BrN3O. The maximum Gasteiger partial charge on any atom is 0.244 e. The van der Waals surface area contributed by atoms with E-state index in [1.54, 1.807) is 30.9 Å². The van der Waals surface area contributed by atoms with Crippen molar-refractivity contribution in [2.75, 3.05) is 7.05 Å². The summed E-state index contributed by atoms with van der Waals surface area (Å²) in [5.41, 5.74) is 0. The van der Waals surface area contributed by atoms with Crippen LogP contribution in [0.5, 0.6) is 0 Å². The van der Waals surface area contributed by atoms with Crippen molar-refractivity contribution in [3.05, 3.63) is 16.9 Å². The summed E-state index contributed by atoms with van der Waals surface area (Å²) < 4.78 is 2.33. The molecule has 0 saturated carbocycles. The van der Waals surface area contributed by atoms with Gasteiger partial charge >= 0.3 is 0 Å². The summed E-state index contributed by atoms with van der Waals surface area (Å²) in [6.07, 6.45) is 1.75. The fourth-order valence-corrected chi connectivity index (χ4v) is 1.16. The van der Waals surface area contributed by atoms with E-state index >= 15 is 0 Å². The molecule has 1 N–H and O–H groups in total. The smallest absolute Gasteiger partial charge is 0.244 e. The van der Waals surface area contributed by atoms with Gasteiger partial charge in [0.15, 0.2) is 0 Å². The van der Waals surface area contributed by atoms with Crippen molar-refractivity contribution < 1.29 is 4.79 Å². The van der Waals surface area contributed by atoms with Crippen molar-refractivity contribution in [1.82, 2.24) is 15.1 Å². The third-order valence-electron chi connectivity index (χ3n) is 1.60. The Kier molecular flexibility index (Phi) is 2.86. The lowest BCUT2D eigenvalue weighted by molar-refractivity contribution is -0.123. The van der Waals surface area contributed by atoms with Gasteiger partial charge in [-0.2, -0.15) is 5.10 Å². The van der Waals surface area contributed by atoms with Gasteiger partial charge in [0.2, 0.25) is 5.91 Å². The second-order valence-corrected chi connectivity index (χ2v) is 3.22. The molecule has 1 unspecified atom stereocenters. The second-order valence-electron chi connectivity index (χ2n) is 2.41. The third kappa shape index (κ3) is 1.85. The highest BCUT2D eigenvalue weighted by atomic mass is 79.9. The van der Waals surface area contributed by atoms with Crippen LogP contribution in [0.4, 0.5) is 0 Å². The zero-order valence-corrected chi connectivity index (χ0v) is 8.50. The Balaban J connectivity index is 2.77. The number of hydrogen-bond acceptors (Lipinski definition) is 2. The number of amides is 1. The van der Waals surface area contributed by atoms with Crippen LogP contribution in [-0.2, 0) is 4.79 Å². The number of nitrogens with zero attached hydrogens (tertiary/aromatic N) is 2. The van der Waals surface area contributed by atoms with Crippen LogP contribution in [0.1, 0.15) is 13.0 Å². The lowest BCUT2D eigenvalue weighted by Gasteiger charge is -2.09. The highest BCUT2D eigenvalue weighted by molar-refractivity contribution is 9.10. The van der Waals surface area contributed by atoms with Crippen molar-refractivity contribution in [3.8, 4) is 0 Å². The molecule has 0 radical (unpaired) electrons. The Morgan fingerprint density at radius 1 is 1.83 bits per heavy atom. The van der Waals surface area contributed by atoms with Gasteiger partial charge in [0.25, 0.3) is 0 Å². The monoisotopic (exact) mass is 231 g/mol. The van der Waals surface area contributed by atoms with Gasteiger partial charge in [-0.25, -0.2) is 0 Å². The molecule has 1 aromatic heterocycles. The molecule has 0 aliphatic carbocycles. The number of aromatic nitrogens is 2. The van der Waals surface area contributed by atoms with Crippen molar-refractivity contribution in [2.45, 2.75) is 13.0 Å². The molecule has 66 valence electrons. The van der Waals surface area contributed by atoms with E-state index in [0.29, 0.717) is 0 Å². The Hall–Kier alpha value is -0.840. The quantitative estimate of drug-likeness (QED) is 0.825. The molecule has 0 aromatic carbocycles. The molecule has 5 heteroatoms. The predicted octanol–water partition coefficient (Wildman–Crippen LogP) is 0.953. The number of carbonyl (C=O) groups is 1. The first-order valence-electron chi connectivity index (χ1n) is 3.57. The molecule has 1 heterocycles. The van der Waals surface area contributed by atoms with Crippen LogP contribution in [-0.4, -0.2) is 22.7 Å². The third-order valence-corrected chi connectivity index (χ3v) is 2.02. The Morgan fingerprint density at radius 3 is 2.92 bits per heavy atom. The van der Waals surface area contributed by atoms with Crippen molar-refractivity contribution in [2.24, 2.45) is 0 Å². The van der Waals surface area contributed by atoms with E-state index in [9.17, 15) is 4.79 Å². The van der Waals surface area contributed by atoms with Crippen LogP contribution in [0, 0.1) is 0 Å². The van der Waals surface area contributed by atoms with Crippen molar-refractivity contribution in [3.63, 3.8) is 0 Å². The minimum Gasteiger partial charge on any atom is -0.357 e. The van der Waals surface area contributed by atoms with E-state index in [0.717, 1.165) is 4.60 Å². The summed E-state index contributed by atoms with van der Waals surface area (Å²) in [5, 5.41) is 6.61. The molecular weight excluding hydrogens is 222 g/mol. The van der Waals surface area contributed by atoms with Gasteiger partial charge in [-0.3, -0.25) is 9.48 Å². The average Bonchev–Trinajstić information content (AvgIpc) is 2.49. The summed E-state index contributed by atoms with van der Waals surface area (Å²) in [6, 6.07) is 1.53. The molecule has 0 spiro atoms. The summed E-state index contributed by atoms with van der Waals surface area (Å²) in [7, 11) is 1.61. The van der Waals surface area contributed by atoms with E-state index in [1.807, 2.05) is 0 Å². The van der Waals surface area contributed by atoms with Gasteiger partial charge in [0.05, 0.1) is 0 Å². The van der Waals surface area contributed by atoms with Gasteiger partial charge in [-0.1, -0.05) is 0 Å². The lowest BCUT2D eigenvalue weighted by atomic mass is 10.3. The Morgan fingerprint density at radius 2 is 2.50 bits per heavy atom. The SMILES string of the molecule is CNC(=O)C(C)n1ccc(Br)n1. The standard InChI is InChI=1S/C7H10BrN3O/c1-5(7(12)9-2)11-4-3-6(8)10-11/h3-5H,1-2H3,(H,9,12). The zero-order chi connectivity index (χ0) is 9.14. The summed E-state index contributed by atoms with van der Waals surface area (Å²) in [6.45, 7) is 1.79. The van der Waals surface area contributed by atoms with Crippen LogP contribution in [0.25, 0.3) is 0 Å². The fourth-order valence-electron chi connectivity index (χ4n) is 0.860. The van der Waals surface area contributed by atoms with Crippen LogP contribution in [0.2, 0.25) is 0 Å². The summed E-state index contributed by atoms with van der Waals surface area (Å²) in [4.78, 5) is 11.1. The van der Waals surface area contributed by atoms with E-state index in [-0.39, 0.29) is 11.9 Å². The Bertz CT molecular complexity index is 284. The first-order chi connectivity index (χ1) is 5.65. The van der Waals surface area contributed by atoms with E-state index in [4.69, 9.17) is 0 Å². The number of nitrogens with one attached hydrogen (secondary N) is 1. The van der Waals surface area contributed by atoms with Gasteiger partial charge in [0.1, 0.15) is 10.6 Å². The molecule has 0 saturated heterocycles. The van der Waals surface area contributed by atoms with Crippen LogP contribution >= 0.6 is 15.9 Å². The maximum absolute atomic E-state index is 11.1. The van der Waals surface area contributed by atoms with Crippen LogP contribution in [0.3, 0.4) is 0 Å². The largest absolute Gasteiger partial charge is 0.357 e. The number of rotatable bonds is 2. The number of carbonyl (C=O) groups excluding carboxylic acids is 1. The molecule has 1 rings (SSSR count). The molecule has 0 aliphatic rings. The summed E-state index contributed by atoms with van der Waals surface area (Å²) in [5.74, 6) is -0.0504. The highest BCUT2D eigenvalue weighted by Crippen LogP contribution is 2.09. The van der Waals surface area contributed by atoms with E-state index in [1.165, 1.54) is 0 Å². The van der Waals surface area contributed by atoms with Gasteiger partial charge in [-0.05, 0) is 28.9 Å². The minimum absolute atomic E-state index is 0.0504. The molecule has 1 atom stereocenters. The number of halogens is 1. The van der Waals surface area contributed by atoms with E-state index in [2.05, 4.69) is 26.3 Å². The van der Waals surface area contributed by atoms with Crippen molar-refractivity contribution in [1.29, 1.82) is 0 Å². The first kappa shape index (κ1) is 9.25. The van der Waals surface area contributed by atoms with Crippen LogP contribution < -0.4 is 5.32 Å². The molecule has 12 heavy (non-hydrogen) atoms. The van der Waals surface area contributed by atoms with Gasteiger partial charge in [-0.15, -0.1) is 0 Å². The molecule has 0 aliphatic heterocycles. The maximum atomic E-state index is 11.1. The second kappa shape index (κ2) is 3.71. The Labute approximate surface area is 79.1 Å².